The van der Waals surface area contributed by atoms with Gasteiger partial charge in [-0.05, 0) is 23.1 Å². The van der Waals surface area contributed by atoms with E-state index in [0.29, 0.717) is 16.4 Å². The van der Waals surface area contributed by atoms with E-state index in [2.05, 4.69) is 12.1 Å². The number of amides is 2. The molecule has 3 aromatic carbocycles. The molecule has 2 aliphatic heterocycles. The Morgan fingerprint density at radius 3 is 1.85 bits per heavy atom. The molecule has 0 radical (unpaired) electrons. The normalized spacial score (nSPS) is 16.2. The van der Waals surface area contributed by atoms with E-state index in [1.165, 1.54) is 28.4 Å². The maximum atomic E-state index is 13.0. The molecule has 0 unspecified atom stereocenters. The Morgan fingerprint density at radius 2 is 1.27 bits per heavy atom. The molecule has 0 N–H and O–H groups in total. The van der Waals surface area contributed by atoms with Crippen LogP contribution in [-0.2, 0) is 16.1 Å². The zero-order valence-corrected chi connectivity index (χ0v) is 15.3. The fraction of sp³-hybridized carbons (Fsp3) is 0.0476. The van der Waals surface area contributed by atoms with Gasteiger partial charge in [0.05, 0.1) is 16.4 Å². The van der Waals surface area contributed by atoms with Crippen LogP contribution >= 0.6 is 23.5 Å². The van der Waals surface area contributed by atoms with E-state index in [4.69, 9.17) is 0 Å². The number of carbonyl (C=O) groups excluding carboxylic acids is 2. The third-order valence-corrected chi connectivity index (χ3v) is 6.94. The zero-order valence-electron chi connectivity index (χ0n) is 13.6. The second-order valence-electron chi connectivity index (χ2n) is 6.15. The molecule has 5 rings (SSSR count). The lowest BCUT2D eigenvalue weighted by Gasteiger charge is -2.16. The van der Waals surface area contributed by atoms with E-state index in [9.17, 15) is 9.59 Å². The molecule has 126 valence electrons. The summed E-state index contributed by atoms with van der Waals surface area (Å²) in [5.41, 5.74) is 0.948. The molecular formula is C21H13NO2S2. The zero-order chi connectivity index (χ0) is 17.7. The van der Waals surface area contributed by atoms with Crippen LogP contribution in [0.2, 0.25) is 0 Å². The van der Waals surface area contributed by atoms with E-state index in [0.717, 1.165) is 26.1 Å². The van der Waals surface area contributed by atoms with Crippen molar-refractivity contribution in [1.29, 1.82) is 0 Å². The molecule has 3 aromatic rings. The summed E-state index contributed by atoms with van der Waals surface area (Å²) in [6.07, 6.45) is 0. The minimum absolute atomic E-state index is 0.198. The molecule has 2 amide bonds. The lowest BCUT2D eigenvalue weighted by Crippen LogP contribution is -2.30. The SMILES string of the molecule is O=C1C2=C(Sc3cccc4cccc(c34)S2)C(=O)N1Cc1ccccc1. The van der Waals surface area contributed by atoms with Crippen LogP contribution in [-0.4, -0.2) is 16.7 Å². The van der Waals surface area contributed by atoms with Crippen molar-refractivity contribution in [2.45, 2.75) is 16.3 Å². The summed E-state index contributed by atoms with van der Waals surface area (Å²) < 4.78 is 0. The Morgan fingerprint density at radius 1 is 0.692 bits per heavy atom. The number of rotatable bonds is 2. The first-order valence-corrected chi connectivity index (χ1v) is 9.87. The number of benzene rings is 3. The Balaban J connectivity index is 1.56. The van der Waals surface area contributed by atoms with Gasteiger partial charge in [0.15, 0.2) is 0 Å². The lowest BCUT2D eigenvalue weighted by atomic mass is 10.1. The van der Waals surface area contributed by atoms with Crippen LogP contribution in [0.1, 0.15) is 5.56 Å². The van der Waals surface area contributed by atoms with Crippen LogP contribution in [0.4, 0.5) is 0 Å². The first-order chi connectivity index (χ1) is 12.7. The van der Waals surface area contributed by atoms with E-state index in [1.54, 1.807) is 0 Å². The topological polar surface area (TPSA) is 37.4 Å². The molecular weight excluding hydrogens is 362 g/mol. The van der Waals surface area contributed by atoms with Crippen LogP contribution in [0.3, 0.4) is 0 Å². The summed E-state index contributed by atoms with van der Waals surface area (Å²) in [6, 6.07) is 21.8. The third kappa shape index (κ3) is 2.39. The number of nitrogens with zero attached hydrogens (tertiary/aromatic N) is 1. The van der Waals surface area contributed by atoms with Gasteiger partial charge in [0.2, 0.25) is 0 Å². The molecule has 2 aliphatic rings. The summed E-state index contributed by atoms with van der Waals surface area (Å²) >= 11 is 2.83. The summed E-state index contributed by atoms with van der Waals surface area (Å²) in [5.74, 6) is -0.396. The molecule has 0 bridgehead atoms. The minimum atomic E-state index is -0.198. The fourth-order valence-corrected chi connectivity index (χ4v) is 5.75. The third-order valence-electron chi connectivity index (χ3n) is 4.52. The minimum Gasteiger partial charge on any atom is -0.269 e. The average molecular weight is 375 g/mol. The molecule has 3 nitrogen and oxygen atoms in total. The van der Waals surface area contributed by atoms with E-state index >= 15 is 0 Å². The summed E-state index contributed by atoms with van der Waals surface area (Å²) in [6.45, 7) is 0.304. The van der Waals surface area contributed by atoms with Crippen molar-refractivity contribution in [2.24, 2.45) is 0 Å². The standard InChI is InChI=1S/C21H13NO2S2/c23-20-18-19(21(24)22(20)12-13-6-2-1-3-7-13)26-16-11-5-9-14-8-4-10-15(25-18)17(14)16/h1-11H,12H2. The fourth-order valence-electron chi connectivity index (χ4n) is 3.28. The molecule has 26 heavy (non-hydrogen) atoms. The van der Waals surface area contributed by atoms with Gasteiger partial charge >= 0.3 is 0 Å². The largest absolute Gasteiger partial charge is 0.269 e. The van der Waals surface area contributed by atoms with Gasteiger partial charge in [0, 0.05) is 15.2 Å². The molecule has 0 spiro atoms. The highest BCUT2D eigenvalue weighted by Gasteiger charge is 2.40. The molecule has 5 heteroatoms. The van der Waals surface area contributed by atoms with E-state index < -0.39 is 0 Å². The molecule has 0 atom stereocenters. The summed E-state index contributed by atoms with van der Waals surface area (Å²) in [7, 11) is 0. The van der Waals surface area contributed by atoms with Gasteiger partial charge in [-0.3, -0.25) is 14.5 Å². The van der Waals surface area contributed by atoms with Crippen molar-refractivity contribution < 1.29 is 9.59 Å². The number of hydrogen-bond acceptors (Lipinski definition) is 4. The summed E-state index contributed by atoms with van der Waals surface area (Å²) in [5, 5.41) is 2.25. The second-order valence-corrected chi connectivity index (χ2v) is 8.26. The first-order valence-electron chi connectivity index (χ1n) is 8.24. The van der Waals surface area contributed by atoms with Crippen molar-refractivity contribution in [3.63, 3.8) is 0 Å². The highest BCUT2D eigenvalue weighted by molar-refractivity contribution is 8.09. The molecule has 0 saturated heterocycles. The smallest absolute Gasteiger partial charge is 0.269 e. The predicted molar refractivity (Wildman–Crippen MR) is 105 cm³/mol. The summed E-state index contributed by atoms with van der Waals surface area (Å²) in [4.78, 5) is 30.5. The predicted octanol–water partition coefficient (Wildman–Crippen LogP) is 4.82. The van der Waals surface area contributed by atoms with Gasteiger partial charge in [-0.15, -0.1) is 0 Å². The number of carbonyl (C=O) groups is 2. The van der Waals surface area contributed by atoms with Crippen LogP contribution in [0.15, 0.2) is 86.3 Å². The van der Waals surface area contributed by atoms with Crippen molar-refractivity contribution in [3.8, 4) is 0 Å². The maximum absolute atomic E-state index is 13.0. The Labute approximate surface area is 159 Å². The highest BCUT2D eigenvalue weighted by atomic mass is 32.2. The monoisotopic (exact) mass is 375 g/mol. The van der Waals surface area contributed by atoms with Crippen LogP contribution in [0.25, 0.3) is 10.8 Å². The van der Waals surface area contributed by atoms with E-state index in [-0.39, 0.29) is 11.8 Å². The average Bonchev–Trinajstić information content (AvgIpc) is 2.82. The van der Waals surface area contributed by atoms with Crippen molar-refractivity contribution >= 4 is 46.1 Å². The van der Waals surface area contributed by atoms with E-state index in [1.807, 2.05) is 54.6 Å². The molecule has 0 fully saturated rings. The van der Waals surface area contributed by atoms with Gasteiger partial charge in [0.25, 0.3) is 11.8 Å². The van der Waals surface area contributed by atoms with Crippen LogP contribution < -0.4 is 0 Å². The highest BCUT2D eigenvalue weighted by Crippen LogP contribution is 2.50. The Kier molecular flexibility index (Phi) is 3.65. The molecule has 0 saturated carbocycles. The van der Waals surface area contributed by atoms with Gasteiger partial charge < -0.3 is 0 Å². The molecule has 0 aromatic heterocycles. The second kappa shape index (κ2) is 6.04. The van der Waals surface area contributed by atoms with Gasteiger partial charge in [0.1, 0.15) is 0 Å². The van der Waals surface area contributed by atoms with Crippen molar-refractivity contribution in [3.05, 3.63) is 82.1 Å². The quantitative estimate of drug-likeness (QED) is 0.602. The molecule has 0 aliphatic carbocycles. The van der Waals surface area contributed by atoms with Crippen molar-refractivity contribution in [2.75, 3.05) is 0 Å². The molecule has 2 heterocycles. The Bertz CT molecular complexity index is 1040. The maximum Gasteiger partial charge on any atom is 0.269 e. The number of hydrogen-bond donors (Lipinski definition) is 0. The van der Waals surface area contributed by atoms with Crippen LogP contribution in [0.5, 0.6) is 0 Å². The van der Waals surface area contributed by atoms with Crippen molar-refractivity contribution in [1.82, 2.24) is 4.90 Å². The van der Waals surface area contributed by atoms with Gasteiger partial charge in [-0.1, -0.05) is 78.1 Å². The number of thioether (sulfide) groups is 2. The van der Waals surface area contributed by atoms with Gasteiger partial charge in [-0.2, -0.15) is 0 Å². The number of imide groups is 1. The van der Waals surface area contributed by atoms with Crippen LogP contribution in [0, 0.1) is 0 Å². The lowest BCUT2D eigenvalue weighted by molar-refractivity contribution is -0.137. The van der Waals surface area contributed by atoms with Gasteiger partial charge in [-0.25, -0.2) is 0 Å². The first kappa shape index (κ1) is 15.7. The Hall–Kier alpha value is -2.50.